The Morgan fingerprint density at radius 1 is 1.08 bits per heavy atom. The Hall–Kier alpha value is -3.01. The van der Waals surface area contributed by atoms with E-state index >= 15 is 0 Å². The van der Waals surface area contributed by atoms with Gasteiger partial charge in [-0.1, -0.05) is 25.1 Å². The van der Waals surface area contributed by atoms with Crippen LogP contribution in [0.3, 0.4) is 0 Å². The molecular formula is C27H33N5O3S. The van der Waals surface area contributed by atoms with Crippen molar-refractivity contribution >= 4 is 21.1 Å². The highest BCUT2D eigenvalue weighted by atomic mass is 32.2. The average molecular weight is 508 g/mol. The Balaban J connectivity index is 1.53. The zero-order valence-corrected chi connectivity index (χ0v) is 21.6. The van der Waals surface area contributed by atoms with Crippen LogP contribution in [0.1, 0.15) is 44.1 Å². The molecule has 1 N–H and O–H groups in total. The molecule has 1 aliphatic carbocycles. The van der Waals surface area contributed by atoms with Gasteiger partial charge in [0.15, 0.2) is 5.65 Å². The van der Waals surface area contributed by atoms with Crippen LogP contribution >= 0.6 is 0 Å². The van der Waals surface area contributed by atoms with Crippen molar-refractivity contribution < 1.29 is 13.5 Å². The first-order chi connectivity index (χ1) is 17.4. The number of fused-ring (bicyclic) bond motifs is 1. The van der Waals surface area contributed by atoms with Gasteiger partial charge in [-0.2, -0.15) is 5.10 Å². The fourth-order valence-corrected chi connectivity index (χ4v) is 6.85. The maximum atomic E-state index is 13.5. The lowest BCUT2D eigenvalue weighted by atomic mass is 9.81. The minimum atomic E-state index is -3.81. The third-order valence-electron chi connectivity index (χ3n) is 7.43. The number of aryl methyl sites for hydroxylation is 1. The van der Waals surface area contributed by atoms with Crippen molar-refractivity contribution in [3.8, 4) is 11.1 Å². The smallest absolute Gasteiger partial charge is 0.269 e. The lowest BCUT2D eigenvalue weighted by molar-refractivity contribution is 0.125. The van der Waals surface area contributed by atoms with Crippen LogP contribution in [0, 0.1) is 0 Å². The van der Waals surface area contributed by atoms with Gasteiger partial charge in [-0.3, -0.25) is 9.58 Å². The van der Waals surface area contributed by atoms with Crippen LogP contribution in [0.25, 0.3) is 22.2 Å². The van der Waals surface area contributed by atoms with E-state index in [-0.39, 0.29) is 11.5 Å². The normalized spacial score (nSPS) is 18.8. The third kappa shape index (κ3) is 4.58. The van der Waals surface area contributed by atoms with Crippen molar-refractivity contribution in [2.45, 2.75) is 49.5 Å². The van der Waals surface area contributed by atoms with Crippen LogP contribution in [0.15, 0.2) is 66.1 Å². The number of hydrogen-bond acceptors (Lipinski definition) is 6. The molecule has 8 nitrogen and oxygen atoms in total. The van der Waals surface area contributed by atoms with Crippen LogP contribution in [0.5, 0.6) is 0 Å². The van der Waals surface area contributed by atoms with Crippen LogP contribution in [-0.2, 0) is 17.1 Å². The SMILES string of the molecule is CCN(CCO)C1CCC(c2cnc3c(c2)c(-c2cnn(C)c2)cn3S(=O)(=O)c2ccccc2)CC1. The standard InChI is InChI=1S/C27H33N5O3S/c1-3-31(13-14-33)23-11-9-20(10-12-23)21-15-25-26(22-17-29-30(2)18-22)19-32(27(25)28-16-21)36(34,35)24-7-5-4-6-8-24/h4-8,15-20,23,33H,3,9-14H2,1-2H3. The number of nitrogens with zero attached hydrogens (tertiary/aromatic N) is 5. The molecule has 5 rings (SSSR count). The molecule has 1 fully saturated rings. The Morgan fingerprint density at radius 3 is 2.47 bits per heavy atom. The highest BCUT2D eigenvalue weighted by Crippen LogP contribution is 2.38. The van der Waals surface area contributed by atoms with Crippen molar-refractivity contribution in [2.75, 3.05) is 19.7 Å². The van der Waals surface area contributed by atoms with E-state index in [1.807, 2.05) is 19.4 Å². The molecular weight excluding hydrogens is 474 g/mol. The Kier molecular flexibility index (Phi) is 6.96. The van der Waals surface area contributed by atoms with Crippen molar-refractivity contribution in [3.05, 3.63) is 66.7 Å². The van der Waals surface area contributed by atoms with E-state index < -0.39 is 10.0 Å². The molecule has 1 aromatic carbocycles. The monoisotopic (exact) mass is 507 g/mol. The van der Waals surface area contributed by atoms with Crippen LogP contribution < -0.4 is 0 Å². The fraction of sp³-hybridized carbons (Fsp3) is 0.407. The summed E-state index contributed by atoms with van der Waals surface area (Å²) in [4.78, 5) is 7.31. The number of hydrogen-bond donors (Lipinski definition) is 1. The maximum Gasteiger partial charge on any atom is 0.269 e. The van der Waals surface area contributed by atoms with Gasteiger partial charge in [0.2, 0.25) is 0 Å². The van der Waals surface area contributed by atoms with Gasteiger partial charge in [-0.25, -0.2) is 17.4 Å². The second-order valence-corrected chi connectivity index (χ2v) is 11.4. The van der Waals surface area contributed by atoms with Crippen molar-refractivity contribution in [1.82, 2.24) is 23.6 Å². The summed E-state index contributed by atoms with van der Waals surface area (Å²) >= 11 is 0. The van der Waals surface area contributed by atoms with Gasteiger partial charge in [-0.15, -0.1) is 0 Å². The Bertz CT molecular complexity index is 1440. The molecule has 0 atom stereocenters. The van der Waals surface area contributed by atoms with Crippen LogP contribution in [0.2, 0.25) is 0 Å². The minimum absolute atomic E-state index is 0.189. The molecule has 4 aromatic rings. The number of aliphatic hydroxyl groups excluding tert-OH is 1. The molecule has 0 saturated heterocycles. The number of pyridine rings is 1. The Labute approximate surface area is 212 Å². The molecule has 0 spiro atoms. The van der Waals surface area contributed by atoms with Crippen molar-refractivity contribution in [1.29, 1.82) is 0 Å². The van der Waals surface area contributed by atoms with Crippen LogP contribution in [0.4, 0.5) is 0 Å². The fourth-order valence-electron chi connectivity index (χ4n) is 5.50. The zero-order chi connectivity index (χ0) is 25.3. The molecule has 0 bridgehead atoms. The quantitative estimate of drug-likeness (QED) is 0.387. The predicted molar refractivity (Wildman–Crippen MR) is 140 cm³/mol. The summed E-state index contributed by atoms with van der Waals surface area (Å²) < 4.78 is 30.1. The topological polar surface area (TPSA) is 93.2 Å². The molecule has 190 valence electrons. The molecule has 3 aromatic heterocycles. The van der Waals surface area contributed by atoms with Gasteiger partial charge in [0.1, 0.15) is 0 Å². The molecule has 9 heteroatoms. The average Bonchev–Trinajstić information content (AvgIpc) is 3.51. The number of aromatic nitrogens is 4. The van der Waals surface area contributed by atoms with E-state index in [1.54, 1.807) is 47.4 Å². The predicted octanol–water partition coefficient (Wildman–Crippen LogP) is 4.01. The highest BCUT2D eigenvalue weighted by Gasteiger charge is 2.28. The van der Waals surface area contributed by atoms with E-state index in [4.69, 9.17) is 4.98 Å². The van der Waals surface area contributed by atoms with E-state index in [0.717, 1.165) is 60.8 Å². The zero-order valence-electron chi connectivity index (χ0n) is 20.8. The molecule has 1 saturated carbocycles. The van der Waals surface area contributed by atoms with Crippen molar-refractivity contribution in [3.63, 3.8) is 0 Å². The summed E-state index contributed by atoms with van der Waals surface area (Å²) in [5.74, 6) is 0.377. The first-order valence-electron chi connectivity index (χ1n) is 12.6. The van der Waals surface area contributed by atoms with Gasteiger partial charge in [0.05, 0.1) is 17.7 Å². The second-order valence-electron chi connectivity index (χ2n) is 9.56. The lowest BCUT2D eigenvalue weighted by Crippen LogP contribution is -2.39. The highest BCUT2D eigenvalue weighted by molar-refractivity contribution is 7.90. The molecule has 1 aliphatic rings. The summed E-state index contributed by atoms with van der Waals surface area (Å²) in [6.07, 6.45) is 11.4. The summed E-state index contributed by atoms with van der Waals surface area (Å²) in [6, 6.07) is 11.1. The second kappa shape index (κ2) is 10.2. The molecule has 0 aliphatic heterocycles. The van der Waals surface area contributed by atoms with Crippen LogP contribution in [-0.4, -0.2) is 62.9 Å². The number of aliphatic hydroxyl groups is 1. The molecule has 3 heterocycles. The van der Waals surface area contributed by atoms with Gasteiger partial charge >= 0.3 is 0 Å². The van der Waals surface area contributed by atoms with Gasteiger partial charge < -0.3 is 5.11 Å². The van der Waals surface area contributed by atoms with Gasteiger partial charge in [-0.05, 0) is 61.9 Å². The lowest BCUT2D eigenvalue weighted by Gasteiger charge is -2.36. The maximum absolute atomic E-state index is 13.5. The van der Waals surface area contributed by atoms with E-state index in [2.05, 4.69) is 23.0 Å². The molecule has 0 amide bonds. The number of rotatable bonds is 8. The van der Waals surface area contributed by atoms with E-state index in [1.165, 1.54) is 3.97 Å². The van der Waals surface area contributed by atoms with E-state index in [0.29, 0.717) is 17.6 Å². The largest absolute Gasteiger partial charge is 0.395 e. The molecule has 36 heavy (non-hydrogen) atoms. The van der Waals surface area contributed by atoms with Gasteiger partial charge in [0.25, 0.3) is 10.0 Å². The molecule has 0 unspecified atom stereocenters. The Morgan fingerprint density at radius 2 is 1.83 bits per heavy atom. The first-order valence-corrected chi connectivity index (χ1v) is 14.0. The third-order valence-corrected chi connectivity index (χ3v) is 9.09. The summed E-state index contributed by atoms with van der Waals surface area (Å²) in [5, 5.41) is 14.5. The van der Waals surface area contributed by atoms with Crippen molar-refractivity contribution in [2.24, 2.45) is 7.05 Å². The summed E-state index contributed by atoms with van der Waals surface area (Å²) in [6.45, 7) is 4.00. The number of likely N-dealkylation sites (N-methyl/N-ethyl adjacent to an activating group) is 1. The van der Waals surface area contributed by atoms with Gasteiger partial charge in [0, 0.05) is 54.7 Å². The minimum Gasteiger partial charge on any atom is -0.395 e. The first kappa shape index (κ1) is 24.7. The molecule has 0 radical (unpaired) electrons. The summed E-state index contributed by atoms with van der Waals surface area (Å²) in [7, 11) is -1.96. The summed E-state index contributed by atoms with van der Waals surface area (Å²) in [5.41, 5.74) is 3.23. The van der Waals surface area contributed by atoms with E-state index in [9.17, 15) is 13.5 Å². The number of benzene rings is 1.